The van der Waals surface area contributed by atoms with Crippen LogP contribution in [0.2, 0.25) is 0 Å². The van der Waals surface area contributed by atoms with Crippen LogP contribution in [-0.4, -0.2) is 134 Å². The summed E-state index contributed by atoms with van der Waals surface area (Å²) in [4.78, 5) is 93.6. The summed E-state index contributed by atoms with van der Waals surface area (Å²) in [5, 5.41) is 21.9. The van der Waals surface area contributed by atoms with Gasteiger partial charge in [0.25, 0.3) is 17.5 Å². The number of thiazole rings is 1. The molecule has 1 saturated heterocycles. The number of non-ortho nitro benzene ring substituents is 1. The quantitative estimate of drug-likeness (QED) is 0.0265. The number of nitro groups is 1. The number of amides is 5. The van der Waals surface area contributed by atoms with Gasteiger partial charge >= 0.3 is 51.9 Å². The normalized spacial score (nSPS) is 15.7. The first-order chi connectivity index (χ1) is 23.4. The summed E-state index contributed by atoms with van der Waals surface area (Å²) in [6.45, 7) is 1.14. The number of imide groups is 1. The molecule has 51 heavy (non-hydrogen) atoms. The molecule has 4 N–H and O–H groups in total. The van der Waals surface area contributed by atoms with E-state index in [1.807, 2.05) is 0 Å². The average Bonchev–Trinajstić information content (AvgIpc) is 3.51. The van der Waals surface area contributed by atoms with E-state index >= 15 is 0 Å². The van der Waals surface area contributed by atoms with Gasteiger partial charge < -0.3 is 24.9 Å². The van der Waals surface area contributed by atoms with E-state index in [0.717, 1.165) is 11.3 Å². The first-order valence-electron chi connectivity index (χ1n) is 13.5. The number of alkyl carbamates (subject to hydrolysis) is 1. The van der Waals surface area contributed by atoms with Crippen molar-refractivity contribution in [3.63, 3.8) is 0 Å². The summed E-state index contributed by atoms with van der Waals surface area (Å²) in [6, 6.07) is 1.62. The van der Waals surface area contributed by atoms with E-state index in [4.69, 9.17) is 37.5 Å². The molecule has 1 fully saturated rings. The molecular formula is C25H26Cl2N7NaO14S2. The number of alkyl halides is 2. The van der Waals surface area contributed by atoms with E-state index in [0.29, 0.717) is 5.56 Å². The Hall–Kier alpha value is -3.97. The molecule has 0 bridgehead atoms. The summed E-state index contributed by atoms with van der Waals surface area (Å²) in [6.07, 6.45) is -1.39. The SMILES string of the molecule is CC(C)(O/N=C(\C(=O)NC1C(=O)N(S(=O)(=O)O)C1COC(=O)NC(=O)CCl)c1csc(NC(=O)CCl)n1)C(=O)OCc1ccc([N+](=O)[O-])cc1.[NaH]. The number of ether oxygens (including phenoxy) is 2. The van der Waals surface area contributed by atoms with Crippen LogP contribution < -0.4 is 16.0 Å². The number of rotatable bonds is 15. The minimum absolute atomic E-state index is 0. The maximum absolute atomic E-state index is 13.5. The fraction of sp³-hybridized carbons (Fsp3) is 0.360. The minimum atomic E-state index is -5.23. The molecule has 2 unspecified atom stereocenters. The Morgan fingerprint density at radius 2 is 1.75 bits per heavy atom. The third-order valence-electron chi connectivity index (χ3n) is 6.16. The van der Waals surface area contributed by atoms with Crippen LogP contribution in [0.15, 0.2) is 34.8 Å². The van der Waals surface area contributed by atoms with E-state index in [2.05, 4.69) is 20.8 Å². The Balaban J connectivity index is 0.00000901. The van der Waals surface area contributed by atoms with E-state index < -0.39 is 92.7 Å². The summed E-state index contributed by atoms with van der Waals surface area (Å²) in [7, 11) is -5.23. The summed E-state index contributed by atoms with van der Waals surface area (Å²) < 4.78 is 43.0. The number of anilines is 1. The van der Waals surface area contributed by atoms with E-state index in [9.17, 15) is 51.9 Å². The number of hydrogen-bond donors (Lipinski definition) is 4. The van der Waals surface area contributed by atoms with E-state index in [1.54, 1.807) is 5.32 Å². The van der Waals surface area contributed by atoms with Gasteiger partial charge in [-0.3, -0.25) is 39.2 Å². The molecule has 1 aliphatic rings. The van der Waals surface area contributed by atoms with Crippen LogP contribution in [0, 0.1) is 10.1 Å². The van der Waals surface area contributed by atoms with Crippen molar-refractivity contribution < 1.29 is 61.0 Å². The number of carbonyl (C=O) groups excluding carboxylic acids is 6. The van der Waals surface area contributed by atoms with Crippen molar-refractivity contribution >= 4 is 127 Å². The number of nitrogens with zero attached hydrogens (tertiary/aromatic N) is 4. The summed E-state index contributed by atoms with van der Waals surface area (Å²) in [5.41, 5.74) is -2.70. The van der Waals surface area contributed by atoms with Crippen LogP contribution >= 0.6 is 34.5 Å². The molecule has 272 valence electrons. The van der Waals surface area contributed by atoms with Crippen molar-refractivity contribution in [3.8, 4) is 0 Å². The van der Waals surface area contributed by atoms with Crippen molar-refractivity contribution in [2.45, 2.75) is 38.1 Å². The standard InChI is InChI=1S/C25H25Cl2N7O14S2.Na.H/c1-25(2,22(39)46-9-12-3-5-13(6-4-12)34(41)42)48-32-18(14-11-49-23(28-14)29-16(35)7-26)20(37)31-19-15(33(21(19)38)50(43,44)45)10-47-24(40)30-17(36)8-27;;/h3-6,11,15,19H,7-10H2,1-2H3,(H,31,37)(H,28,29,35)(H,30,36,40)(H,43,44,45);;/b32-18-;;. The summed E-state index contributed by atoms with van der Waals surface area (Å²) >= 11 is 11.6. The number of halogens is 2. The van der Waals surface area contributed by atoms with Gasteiger partial charge in [-0.25, -0.2) is 18.9 Å². The van der Waals surface area contributed by atoms with Gasteiger partial charge in [-0.05, 0) is 31.5 Å². The number of nitrogens with one attached hydrogen (secondary N) is 3. The topological polar surface area (TPSA) is 292 Å². The maximum atomic E-state index is 13.5. The average molecular weight is 807 g/mol. The van der Waals surface area contributed by atoms with Gasteiger partial charge in [-0.1, -0.05) is 5.16 Å². The Labute approximate surface area is 323 Å². The number of carbonyl (C=O) groups is 6. The van der Waals surface area contributed by atoms with Crippen LogP contribution in [-0.2, 0) is 55.2 Å². The van der Waals surface area contributed by atoms with Gasteiger partial charge in [0.15, 0.2) is 10.8 Å². The van der Waals surface area contributed by atoms with Gasteiger partial charge in [0.1, 0.15) is 42.8 Å². The van der Waals surface area contributed by atoms with Gasteiger partial charge in [0.2, 0.25) is 17.4 Å². The van der Waals surface area contributed by atoms with Gasteiger partial charge in [-0.2, -0.15) is 8.42 Å². The molecule has 21 nitrogen and oxygen atoms in total. The van der Waals surface area contributed by atoms with Gasteiger partial charge in [0, 0.05) is 17.5 Å². The molecular weight excluding hydrogens is 780 g/mol. The molecule has 1 aliphatic heterocycles. The second kappa shape index (κ2) is 18.5. The van der Waals surface area contributed by atoms with Crippen molar-refractivity contribution in [1.29, 1.82) is 0 Å². The Morgan fingerprint density at radius 1 is 1.12 bits per heavy atom. The third kappa shape index (κ3) is 11.8. The number of esters is 1. The van der Waals surface area contributed by atoms with Crippen LogP contribution in [0.1, 0.15) is 25.1 Å². The van der Waals surface area contributed by atoms with Crippen molar-refractivity contribution in [1.82, 2.24) is 19.9 Å². The number of benzene rings is 1. The number of nitro benzene ring substituents is 1. The first-order valence-corrected chi connectivity index (χ1v) is 16.8. The van der Waals surface area contributed by atoms with Gasteiger partial charge in [-0.15, -0.1) is 34.5 Å². The monoisotopic (exact) mass is 805 g/mol. The number of hydrogen-bond acceptors (Lipinski definition) is 16. The van der Waals surface area contributed by atoms with Crippen molar-refractivity contribution in [3.05, 3.63) is 51.0 Å². The van der Waals surface area contributed by atoms with Crippen LogP contribution in [0.3, 0.4) is 0 Å². The van der Waals surface area contributed by atoms with Crippen LogP contribution in [0.25, 0.3) is 0 Å². The van der Waals surface area contributed by atoms with Crippen molar-refractivity contribution in [2.24, 2.45) is 5.16 Å². The predicted molar refractivity (Wildman–Crippen MR) is 178 cm³/mol. The van der Waals surface area contributed by atoms with Gasteiger partial charge in [0.05, 0.1) is 4.92 Å². The molecule has 2 atom stereocenters. The molecule has 0 radical (unpaired) electrons. The molecule has 1 aromatic heterocycles. The zero-order chi connectivity index (χ0) is 37.4. The second-order valence-electron chi connectivity index (χ2n) is 10.2. The number of β-lactam (4-membered cyclic amide) rings is 1. The molecule has 26 heteroatoms. The summed E-state index contributed by atoms with van der Waals surface area (Å²) in [5.74, 6) is -6.33. The second-order valence-corrected chi connectivity index (χ2v) is 12.9. The molecule has 2 aromatic rings. The first kappa shape index (κ1) is 43.2. The molecule has 5 amide bonds. The van der Waals surface area contributed by atoms with Crippen molar-refractivity contribution in [2.75, 3.05) is 23.7 Å². The predicted octanol–water partition coefficient (Wildman–Crippen LogP) is -0.187. The molecule has 0 spiro atoms. The molecule has 0 aliphatic carbocycles. The zero-order valence-corrected chi connectivity index (χ0v) is 28.6. The van der Waals surface area contributed by atoms with Crippen LogP contribution in [0.5, 0.6) is 0 Å². The Morgan fingerprint density at radius 3 is 2.31 bits per heavy atom. The fourth-order valence-corrected chi connectivity index (χ4v) is 5.42. The molecule has 3 rings (SSSR count). The number of oxime groups is 1. The fourth-order valence-electron chi connectivity index (χ4n) is 3.71. The molecule has 2 heterocycles. The molecule has 0 saturated carbocycles. The Bertz CT molecular complexity index is 1830. The number of aromatic nitrogens is 1. The van der Waals surface area contributed by atoms with E-state index in [1.165, 1.54) is 43.5 Å². The zero-order valence-electron chi connectivity index (χ0n) is 25.5. The molecule has 1 aromatic carbocycles. The van der Waals surface area contributed by atoms with Crippen LogP contribution in [0.4, 0.5) is 15.6 Å². The Kier molecular flexibility index (Phi) is 15.7. The van der Waals surface area contributed by atoms with E-state index in [-0.39, 0.29) is 57.0 Å². The third-order valence-corrected chi connectivity index (χ3v) is 8.35.